The van der Waals surface area contributed by atoms with Gasteiger partial charge in [-0.1, -0.05) is 29.4 Å². The van der Waals surface area contributed by atoms with E-state index in [2.05, 4.69) is 10.0 Å². The van der Waals surface area contributed by atoms with E-state index in [1.807, 2.05) is 6.07 Å². The molecular weight excluding hydrogens is 260 g/mol. The molecule has 1 aliphatic rings. The molecule has 0 saturated heterocycles. The molecule has 0 fully saturated rings. The van der Waals surface area contributed by atoms with Crippen molar-refractivity contribution >= 4 is 0 Å². The summed E-state index contributed by atoms with van der Waals surface area (Å²) >= 11 is 0. The molecule has 0 aliphatic carbocycles. The van der Waals surface area contributed by atoms with Crippen LogP contribution in [0.2, 0.25) is 0 Å². The molecular formula is C12H10N6O2. The van der Waals surface area contributed by atoms with Crippen LogP contribution in [-0.2, 0) is 13.1 Å². The first-order valence-electron chi connectivity index (χ1n) is 5.94. The average Bonchev–Trinajstić information content (AvgIpc) is 2.72. The molecule has 100 valence electrons. The molecule has 0 saturated carbocycles. The molecule has 20 heavy (non-hydrogen) atoms. The number of rotatable bonds is 2. The van der Waals surface area contributed by atoms with Crippen LogP contribution in [0.5, 0.6) is 0 Å². The van der Waals surface area contributed by atoms with Gasteiger partial charge in [-0.2, -0.15) is 0 Å². The largest absolute Gasteiger partial charge is 0.352 e. The summed E-state index contributed by atoms with van der Waals surface area (Å²) in [6, 6.07) is 8.70. The van der Waals surface area contributed by atoms with E-state index >= 15 is 0 Å². The number of benzene rings is 1. The van der Waals surface area contributed by atoms with E-state index in [0.717, 1.165) is 4.57 Å². The van der Waals surface area contributed by atoms with Crippen LogP contribution < -0.4 is 11.4 Å². The molecule has 2 aromatic rings. The highest BCUT2D eigenvalue weighted by atomic mass is 16.2. The van der Waals surface area contributed by atoms with Gasteiger partial charge in [-0.15, -0.1) is 0 Å². The third-order valence-corrected chi connectivity index (χ3v) is 3.11. The van der Waals surface area contributed by atoms with Crippen LogP contribution >= 0.6 is 0 Å². The highest BCUT2D eigenvalue weighted by Crippen LogP contribution is 2.08. The molecule has 0 radical (unpaired) electrons. The van der Waals surface area contributed by atoms with Crippen LogP contribution in [0.1, 0.15) is 0 Å². The lowest BCUT2D eigenvalue weighted by Crippen LogP contribution is -2.30. The van der Waals surface area contributed by atoms with Crippen LogP contribution in [0.3, 0.4) is 0 Å². The summed E-state index contributed by atoms with van der Waals surface area (Å²) in [5, 5.41) is 3.49. The monoisotopic (exact) mass is 270 g/mol. The molecule has 2 heterocycles. The summed E-state index contributed by atoms with van der Waals surface area (Å²) in [6.45, 7) is 0.306. The van der Waals surface area contributed by atoms with Gasteiger partial charge in [0, 0.05) is 10.6 Å². The quantitative estimate of drug-likeness (QED) is 0.462. The Balaban J connectivity index is 2.18. The molecule has 0 bridgehead atoms. The van der Waals surface area contributed by atoms with Crippen LogP contribution in [0.15, 0.2) is 56.8 Å². The van der Waals surface area contributed by atoms with Gasteiger partial charge in [-0.05, 0) is 17.7 Å². The first-order valence-corrected chi connectivity index (χ1v) is 5.94. The molecule has 8 heteroatoms. The van der Waals surface area contributed by atoms with Crippen molar-refractivity contribution in [2.45, 2.75) is 13.1 Å². The third-order valence-electron chi connectivity index (χ3n) is 3.11. The molecule has 0 amide bonds. The Hall–Kier alpha value is -2.99. The van der Waals surface area contributed by atoms with E-state index in [4.69, 9.17) is 5.53 Å². The van der Waals surface area contributed by atoms with Gasteiger partial charge in [0.25, 0.3) is 0 Å². The van der Waals surface area contributed by atoms with Crippen molar-refractivity contribution in [1.29, 1.82) is 0 Å². The van der Waals surface area contributed by atoms with Crippen molar-refractivity contribution in [3.8, 4) is 5.69 Å². The molecule has 0 unspecified atom stereocenters. The predicted octanol–water partition coefficient (Wildman–Crippen LogP) is 1.01. The minimum absolute atomic E-state index is 0.0952. The molecule has 8 nitrogen and oxygen atoms in total. The van der Waals surface area contributed by atoms with E-state index in [1.165, 1.54) is 9.36 Å². The van der Waals surface area contributed by atoms with Gasteiger partial charge < -0.3 is 0 Å². The predicted molar refractivity (Wildman–Crippen MR) is 71.5 cm³/mol. The maximum atomic E-state index is 12.3. The van der Waals surface area contributed by atoms with Crippen LogP contribution in [-0.4, -0.2) is 13.9 Å². The number of fused-ring (bicyclic) bond motifs is 1. The second kappa shape index (κ2) is 4.60. The Kier molecular flexibility index (Phi) is 2.77. The number of para-hydroxylation sites is 1. The van der Waals surface area contributed by atoms with E-state index < -0.39 is 11.4 Å². The van der Waals surface area contributed by atoms with E-state index in [9.17, 15) is 9.59 Å². The van der Waals surface area contributed by atoms with Gasteiger partial charge >= 0.3 is 11.4 Å². The Bertz CT molecular complexity index is 848. The van der Waals surface area contributed by atoms with Gasteiger partial charge in [0.15, 0.2) is 0 Å². The lowest BCUT2D eigenvalue weighted by Gasteiger charge is -2.12. The fourth-order valence-corrected chi connectivity index (χ4v) is 2.19. The molecule has 1 aromatic carbocycles. The fraction of sp³-hybridized carbons (Fsp3) is 0.167. The number of allylic oxidation sites excluding steroid dienone is 2. The van der Waals surface area contributed by atoms with Gasteiger partial charge in [0.05, 0.1) is 18.8 Å². The maximum absolute atomic E-state index is 12.3. The molecule has 3 rings (SSSR count). The second-order valence-electron chi connectivity index (χ2n) is 4.26. The fourth-order valence-electron chi connectivity index (χ4n) is 2.19. The number of aromatic nitrogens is 3. The number of hydrogen-bond donors (Lipinski definition) is 0. The smallest absolute Gasteiger partial charge is 0.245 e. The Morgan fingerprint density at radius 2 is 1.80 bits per heavy atom. The summed E-state index contributed by atoms with van der Waals surface area (Å²) in [7, 11) is 0. The molecule has 0 spiro atoms. The molecule has 0 N–H and O–H groups in total. The van der Waals surface area contributed by atoms with Crippen molar-refractivity contribution in [1.82, 2.24) is 13.9 Å². The van der Waals surface area contributed by atoms with Crippen molar-refractivity contribution < 1.29 is 0 Å². The second-order valence-corrected chi connectivity index (χ2v) is 4.26. The van der Waals surface area contributed by atoms with Gasteiger partial charge in [-0.3, -0.25) is 0 Å². The summed E-state index contributed by atoms with van der Waals surface area (Å²) in [4.78, 5) is 27.3. The summed E-state index contributed by atoms with van der Waals surface area (Å²) < 4.78 is 3.71. The first-order chi connectivity index (χ1) is 9.72. The highest BCUT2D eigenvalue weighted by molar-refractivity contribution is 5.30. The minimum atomic E-state index is -0.445. The lowest BCUT2D eigenvalue weighted by atomic mass is 10.3. The highest BCUT2D eigenvalue weighted by Gasteiger charge is 2.19. The van der Waals surface area contributed by atoms with E-state index in [-0.39, 0.29) is 13.1 Å². The van der Waals surface area contributed by atoms with Gasteiger partial charge in [0.1, 0.15) is 0 Å². The van der Waals surface area contributed by atoms with Crippen molar-refractivity contribution in [2.75, 3.05) is 0 Å². The Morgan fingerprint density at radius 1 is 1.10 bits per heavy atom. The summed E-state index contributed by atoms with van der Waals surface area (Å²) in [5.41, 5.74) is 8.53. The van der Waals surface area contributed by atoms with E-state index in [0.29, 0.717) is 11.4 Å². The number of azide groups is 1. The summed E-state index contributed by atoms with van der Waals surface area (Å²) in [6.07, 6.45) is 1.63. The SMILES string of the molecule is [N-]=[N+]=NC1=CCn2c(=O)n(-c3ccccc3)c(=O)n2C1. The first kappa shape index (κ1) is 12.1. The minimum Gasteiger partial charge on any atom is -0.245 e. The molecule has 1 aromatic heterocycles. The van der Waals surface area contributed by atoms with Crippen molar-refractivity contribution in [3.63, 3.8) is 0 Å². The van der Waals surface area contributed by atoms with Gasteiger partial charge in [0.2, 0.25) is 0 Å². The topological polar surface area (TPSA) is 97.7 Å². The van der Waals surface area contributed by atoms with Crippen LogP contribution in [0.4, 0.5) is 0 Å². The summed E-state index contributed by atoms with van der Waals surface area (Å²) in [5.74, 6) is 0. The molecule has 0 atom stereocenters. The maximum Gasteiger partial charge on any atom is 0.352 e. The average molecular weight is 270 g/mol. The van der Waals surface area contributed by atoms with Crippen molar-refractivity contribution in [2.24, 2.45) is 5.11 Å². The zero-order valence-electron chi connectivity index (χ0n) is 10.4. The zero-order chi connectivity index (χ0) is 14.1. The standard InChI is InChI=1S/C12H10N6O2/c13-15-14-9-6-7-16-11(19)18(12(20)17(16)8-9)10-4-2-1-3-5-10/h1-6H,7-8H2. The Labute approximate surface area is 112 Å². The molecule has 1 aliphatic heterocycles. The van der Waals surface area contributed by atoms with Crippen molar-refractivity contribution in [3.05, 3.63) is 73.5 Å². The lowest BCUT2D eigenvalue weighted by molar-refractivity contribution is 0.465. The van der Waals surface area contributed by atoms with E-state index in [1.54, 1.807) is 30.3 Å². The number of nitrogens with zero attached hydrogens (tertiary/aromatic N) is 6. The zero-order valence-corrected chi connectivity index (χ0v) is 10.4. The Morgan fingerprint density at radius 3 is 2.50 bits per heavy atom. The number of hydrogen-bond acceptors (Lipinski definition) is 3. The van der Waals surface area contributed by atoms with Crippen LogP contribution in [0.25, 0.3) is 16.1 Å². The third kappa shape index (κ3) is 1.75. The van der Waals surface area contributed by atoms with Crippen LogP contribution in [0, 0.1) is 0 Å². The van der Waals surface area contributed by atoms with Gasteiger partial charge in [-0.25, -0.2) is 23.5 Å². The normalized spacial score (nSPS) is 13.3.